The molecule has 26 heavy (non-hydrogen) atoms. The Balaban J connectivity index is 1.23. The summed E-state index contributed by atoms with van der Waals surface area (Å²) < 4.78 is 25.3. The Kier molecular flexibility index (Phi) is 3.39. The zero-order chi connectivity index (χ0) is 17.1. The standard InChI is InChI=1S/C20H20B2O4/c1-3-7-15(8-4-1)21-23-13-20(26-21)12-14-11-17(20)19-18(14)24-22(25-19)16-9-5-2-6-10-16/h1-10,14,17-19H,11-13H2/t14?,17?,18-,19+,20-/m1/s1. The summed E-state index contributed by atoms with van der Waals surface area (Å²) in [7, 11) is -0.514. The molecule has 1 spiro atoms. The van der Waals surface area contributed by atoms with Crippen LogP contribution in [0.5, 0.6) is 0 Å². The molecule has 0 N–H and O–H groups in total. The Bertz CT molecular complexity index is 766. The van der Waals surface area contributed by atoms with Crippen LogP contribution in [0, 0.1) is 11.8 Å². The van der Waals surface area contributed by atoms with Crippen molar-refractivity contribution >= 4 is 25.2 Å². The largest absolute Gasteiger partial charge is 0.494 e. The first-order chi connectivity index (χ1) is 12.8. The first-order valence-corrected chi connectivity index (χ1v) is 9.53. The van der Waals surface area contributed by atoms with Crippen molar-refractivity contribution in [3.8, 4) is 0 Å². The van der Waals surface area contributed by atoms with Gasteiger partial charge in [-0.3, -0.25) is 0 Å². The van der Waals surface area contributed by atoms with Gasteiger partial charge in [-0.2, -0.15) is 0 Å². The third-order valence-electron chi connectivity index (χ3n) is 6.55. The fourth-order valence-electron chi connectivity index (χ4n) is 5.42. The molecule has 2 aromatic rings. The van der Waals surface area contributed by atoms with E-state index in [1.807, 2.05) is 36.4 Å². The van der Waals surface area contributed by atoms with Crippen molar-refractivity contribution in [2.24, 2.45) is 11.8 Å². The fourth-order valence-corrected chi connectivity index (χ4v) is 5.42. The second-order valence-electron chi connectivity index (χ2n) is 7.99. The van der Waals surface area contributed by atoms with E-state index in [9.17, 15) is 0 Å². The monoisotopic (exact) mass is 346 g/mol. The lowest BCUT2D eigenvalue weighted by Gasteiger charge is -2.38. The summed E-state index contributed by atoms with van der Waals surface area (Å²) in [6.07, 6.45) is 2.42. The van der Waals surface area contributed by atoms with Gasteiger partial charge in [-0.25, -0.2) is 0 Å². The molecule has 2 aliphatic heterocycles. The molecule has 2 aromatic carbocycles. The Morgan fingerprint density at radius 1 is 0.808 bits per heavy atom. The van der Waals surface area contributed by atoms with E-state index in [4.69, 9.17) is 18.6 Å². The number of hydrogen-bond acceptors (Lipinski definition) is 4. The van der Waals surface area contributed by atoms with Gasteiger partial charge in [0.1, 0.15) is 0 Å². The van der Waals surface area contributed by atoms with E-state index >= 15 is 0 Å². The van der Waals surface area contributed by atoms with Gasteiger partial charge < -0.3 is 18.6 Å². The predicted molar refractivity (Wildman–Crippen MR) is 99.4 cm³/mol. The van der Waals surface area contributed by atoms with E-state index in [2.05, 4.69) is 24.3 Å². The number of rotatable bonds is 2. The van der Waals surface area contributed by atoms with Gasteiger partial charge in [0.15, 0.2) is 0 Å². The third kappa shape index (κ3) is 2.19. The molecule has 4 nitrogen and oxygen atoms in total. The Morgan fingerprint density at radius 2 is 1.46 bits per heavy atom. The first kappa shape index (κ1) is 15.5. The first-order valence-electron chi connectivity index (χ1n) is 9.53. The Labute approximate surface area is 154 Å². The summed E-state index contributed by atoms with van der Waals surface area (Å²) in [5, 5.41) is 0. The summed E-state index contributed by atoms with van der Waals surface area (Å²) in [4.78, 5) is 0. The predicted octanol–water partition coefficient (Wildman–Crippen LogP) is 1.39. The van der Waals surface area contributed by atoms with Crippen molar-refractivity contribution in [3.63, 3.8) is 0 Å². The van der Waals surface area contributed by atoms with E-state index < -0.39 is 0 Å². The van der Waals surface area contributed by atoms with Crippen molar-refractivity contribution in [2.75, 3.05) is 6.61 Å². The Morgan fingerprint density at radius 3 is 2.19 bits per heavy atom. The topological polar surface area (TPSA) is 36.9 Å². The molecule has 0 amide bonds. The van der Waals surface area contributed by atoms with Crippen LogP contribution >= 0.6 is 0 Å². The zero-order valence-corrected chi connectivity index (χ0v) is 14.5. The molecule has 130 valence electrons. The second kappa shape index (κ2) is 5.70. The van der Waals surface area contributed by atoms with Crippen LogP contribution in [0.15, 0.2) is 60.7 Å². The molecule has 5 atom stereocenters. The lowest BCUT2D eigenvalue weighted by molar-refractivity contribution is -0.0394. The molecular formula is C20H20B2O4. The summed E-state index contributed by atoms with van der Waals surface area (Å²) in [6, 6.07) is 20.4. The third-order valence-corrected chi connectivity index (χ3v) is 6.55. The van der Waals surface area contributed by atoms with Gasteiger partial charge in [-0.05, 0) is 29.7 Å². The van der Waals surface area contributed by atoms with E-state index in [-0.39, 0.29) is 32.0 Å². The normalized spacial score (nSPS) is 37.7. The molecule has 2 unspecified atom stereocenters. The maximum atomic E-state index is 6.52. The van der Waals surface area contributed by atoms with Gasteiger partial charge in [0, 0.05) is 5.92 Å². The fraction of sp³-hybridized carbons (Fsp3) is 0.400. The molecule has 2 saturated heterocycles. The van der Waals surface area contributed by atoms with E-state index in [0.717, 1.165) is 23.8 Å². The van der Waals surface area contributed by atoms with Crippen molar-refractivity contribution < 1.29 is 18.6 Å². The van der Waals surface area contributed by atoms with Crippen LogP contribution in [-0.4, -0.2) is 38.7 Å². The van der Waals surface area contributed by atoms with Gasteiger partial charge in [-0.15, -0.1) is 0 Å². The minimum Gasteiger partial charge on any atom is -0.404 e. The molecule has 6 heteroatoms. The average Bonchev–Trinajstić information content (AvgIpc) is 3.45. The summed E-state index contributed by atoms with van der Waals surface area (Å²) >= 11 is 0. The van der Waals surface area contributed by atoms with Crippen molar-refractivity contribution in [3.05, 3.63) is 60.7 Å². The highest BCUT2D eigenvalue weighted by Gasteiger charge is 2.67. The lowest BCUT2D eigenvalue weighted by atomic mass is 9.77. The maximum Gasteiger partial charge on any atom is 0.494 e. The van der Waals surface area contributed by atoms with E-state index in [0.29, 0.717) is 18.4 Å². The highest BCUT2D eigenvalue weighted by atomic mass is 16.7. The van der Waals surface area contributed by atoms with Crippen LogP contribution in [-0.2, 0) is 18.6 Å². The molecule has 4 aliphatic rings. The minimum absolute atomic E-state index is 0.108. The minimum atomic E-state index is -0.263. The summed E-state index contributed by atoms with van der Waals surface area (Å²) in [5.74, 6) is 0.844. The molecular weight excluding hydrogens is 326 g/mol. The molecule has 0 radical (unpaired) electrons. The average molecular weight is 346 g/mol. The summed E-state index contributed by atoms with van der Waals surface area (Å²) in [6.45, 7) is 0.649. The van der Waals surface area contributed by atoms with Crippen molar-refractivity contribution in [1.29, 1.82) is 0 Å². The van der Waals surface area contributed by atoms with Gasteiger partial charge in [0.2, 0.25) is 0 Å². The molecule has 6 rings (SSSR count). The van der Waals surface area contributed by atoms with E-state index in [1.165, 1.54) is 0 Å². The zero-order valence-electron chi connectivity index (χ0n) is 14.5. The van der Waals surface area contributed by atoms with Crippen LogP contribution < -0.4 is 10.9 Å². The van der Waals surface area contributed by atoms with Crippen LogP contribution in [0.25, 0.3) is 0 Å². The lowest BCUT2D eigenvalue weighted by Crippen LogP contribution is -2.49. The summed E-state index contributed by atoms with van der Waals surface area (Å²) in [5.41, 5.74) is 1.97. The number of fused-ring (bicyclic) bond motifs is 6. The van der Waals surface area contributed by atoms with Crippen LogP contribution in [0.1, 0.15) is 12.8 Å². The highest BCUT2D eigenvalue weighted by Crippen LogP contribution is 2.58. The molecule has 2 bridgehead atoms. The maximum absolute atomic E-state index is 6.52. The van der Waals surface area contributed by atoms with Gasteiger partial charge in [-0.1, -0.05) is 60.7 Å². The van der Waals surface area contributed by atoms with Crippen LogP contribution in [0.2, 0.25) is 0 Å². The van der Waals surface area contributed by atoms with Gasteiger partial charge in [0.25, 0.3) is 0 Å². The molecule has 2 saturated carbocycles. The molecule has 2 aliphatic carbocycles. The van der Waals surface area contributed by atoms with Crippen molar-refractivity contribution in [1.82, 2.24) is 0 Å². The van der Waals surface area contributed by atoms with Crippen LogP contribution in [0.3, 0.4) is 0 Å². The van der Waals surface area contributed by atoms with E-state index in [1.54, 1.807) is 0 Å². The number of hydrogen-bond donors (Lipinski definition) is 0. The second-order valence-corrected chi connectivity index (χ2v) is 7.99. The highest BCUT2D eigenvalue weighted by molar-refractivity contribution is 6.62. The smallest absolute Gasteiger partial charge is 0.404 e. The van der Waals surface area contributed by atoms with Crippen molar-refractivity contribution in [2.45, 2.75) is 30.7 Å². The quantitative estimate of drug-likeness (QED) is 0.771. The Hall–Kier alpha value is -1.59. The number of benzene rings is 2. The van der Waals surface area contributed by atoms with Gasteiger partial charge >= 0.3 is 14.2 Å². The molecule has 4 fully saturated rings. The molecule has 2 heterocycles. The molecule has 0 aromatic heterocycles. The SMILES string of the molecule is c1ccc(B2O[C@@H]3C4CC([C@@H]3O2)[C@]2(COB(c3ccccc3)O2)C4)cc1. The van der Waals surface area contributed by atoms with Crippen LogP contribution in [0.4, 0.5) is 0 Å². The van der Waals surface area contributed by atoms with Gasteiger partial charge in [0.05, 0.1) is 24.4 Å².